The quantitative estimate of drug-likeness (QED) is 0.660. The minimum atomic E-state index is -0.350. The van der Waals surface area contributed by atoms with Crippen molar-refractivity contribution in [3.8, 4) is 11.5 Å². The molecule has 0 heterocycles. The predicted octanol–water partition coefficient (Wildman–Crippen LogP) is 2.16. The summed E-state index contributed by atoms with van der Waals surface area (Å²) in [4.78, 5) is 11.9. The number of amides is 1. The highest BCUT2D eigenvalue weighted by Gasteiger charge is 2.09. The largest absolute Gasteiger partial charge is 0.508 e. The Morgan fingerprint density at radius 1 is 1.20 bits per heavy atom. The molecule has 0 aliphatic carbocycles. The Kier molecular flexibility index (Phi) is 4.34. The van der Waals surface area contributed by atoms with E-state index in [1.807, 2.05) is 0 Å². The third kappa shape index (κ3) is 3.35. The van der Waals surface area contributed by atoms with Crippen molar-refractivity contribution in [2.75, 3.05) is 7.11 Å². The fraction of sp³-hybridized carbons (Fsp3) is 0.0667. The number of phenols is 1. The van der Waals surface area contributed by atoms with Gasteiger partial charge >= 0.3 is 0 Å². The molecule has 0 bridgehead atoms. The van der Waals surface area contributed by atoms with E-state index in [0.717, 1.165) is 5.56 Å². The SMILES string of the molecule is COc1ccccc1C(=O)N/N=C\c1ccc(O)cc1. The molecule has 5 heteroatoms. The Labute approximate surface area is 116 Å². The molecule has 2 aromatic carbocycles. The van der Waals surface area contributed by atoms with E-state index < -0.39 is 0 Å². The van der Waals surface area contributed by atoms with Crippen LogP contribution in [-0.2, 0) is 0 Å². The van der Waals surface area contributed by atoms with Gasteiger partial charge in [0, 0.05) is 0 Å². The van der Waals surface area contributed by atoms with Gasteiger partial charge in [-0.05, 0) is 42.0 Å². The molecule has 2 N–H and O–H groups in total. The molecule has 0 aromatic heterocycles. The van der Waals surface area contributed by atoms with Crippen molar-refractivity contribution >= 4 is 12.1 Å². The van der Waals surface area contributed by atoms with Crippen LogP contribution in [0.5, 0.6) is 11.5 Å². The molecule has 5 nitrogen and oxygen atoms in total. The van der Waals surface area contributed by atoms with Gasteiger partial charge in [0.05, 0.1) is 18.9 Å². The number of methoxy groups -OCH3 is 1. The zero-order chi connectivity index (χ0) is 14.4. The van der Waals surface area contributed by atoms with Gasteiger partial charge in [-0.15, -0.1) is 0 Å². The van der Waals surface area contributed by atoms with E-state index in [-0.39, 0.29) is 11.7 Å². The lowest BCUT2D eigenvalue weighted by Gasteiger charge is -2.05. The summed E-state index contributed by atoms with van der Waals surface area (Å²) in [6, 6.07) is 13.4. The maximum Gasteiger partial charge on any atom is 0.275 e. The second kappa shape index (κ2) is 6.38. The van der Waals surface area contributed by atoms with E-state index in [9.17, 15) is 4.79 Å². The normalized spacial score (nSPS) is 10.4. The third-order valence-corrected chi connectivity index (χ3v) is 2.62. The van der Waals surface area contributed by atoms with E-state index in [1.165, 1.54) is 13.3 Å². The molecule has 0 saturated heterocycles. The highest BCUT2D eigenvalue weighted by molar-refractivity contribution is 5.97. The molecule has 0 aliphatic heterocycles. The molecule has 0 radical (unpaired) electrons. The molecule has 102 valence electrons. The Morgan fingerprint density at radius 2 is 1.90 bits per heavy atom. The Morgan fingerprint density at radius 3 is 2.60 bits per heavy atom. The number of para-hydroxylation sites is 1. The molecule has 2 aromatic rings. The summed E-state index contributed by atoms with van der Waals surface area (Å²) >= 11 is 0. The van der Waals surface area contributed by atoms with Crippen molar-refractivity contribution in [3.63, 3.8) is 0 Å². The first-order chi connectivity index (χ1) is 9.70. The molecule has 20 heavy (non-hydrogen) atoms. The lowest BCUT2D eigenvalue weighted by molar-refractivity contribution is 0.0952. The smallest absolute Gasteiger partial charge is 0.275 e. The molecule has 0 unspecified atom stereocenters. The maximum atomic E-state index is 11.9. The summed E-state index contributed by atoms with van der Waals surface area (Å²) in [5.41, 5.74) is 3.61. The van der Waals surface area contributed by atoms with Crippen LogP contribution in [0.15, 0.2) is 53.6 Å². The standard InChI is InChI=1S/C15H14N2O3/c1-20-14-5-3-2-4-13(14)15(19)17-16-10-11-6-8-12(18)9-7-11/h2-10,18H,1H3,(H,17,19)/b16-10-. The van der Waals surface area contributed by atoms with Crippen LogP contribution in [-0.4, -0.2) is 24.3 Å². The third-order valence-electron chi connectivity index (χ3n) is 2.62. The first kappa shape index (κ1) is 13.6. The molecule has 0 aliphatic rings. The number of carbonyl (C=O) groups is 1. The molecule has 0 saturated carbocycles. The van der Waals surface area contributed by atoms with Gasteiger partial charge in [0.25, 0.3) is 5.91 Å². The summed E-state index contributed by atoms with van der Waals surface area (Å²) in [5.74, 6) is 0.322. The predicted molar refractivity (Wildman–Crippen MR) is 76.2 cm³/mol. The van der Waals surface area contributed by atoms with Gasteiger partial charge in [-0.2, -0.15) is 5.10 Å². The van der Waals surface area contributed by atoms with Crippen molar-refractivity contribution in [3.05, 3.63) is 59.7 Å². The summed E-state index contributed by atoms with van der Waals surface area (Å²) < 4.78 is 5.10. The van der Waals surface area contributed by atoms with E-state index in [0.29, 0.717) is 11.3 Å². The summed E-state index contributed by atoms with van der Waals surface area (Å²) in [7, 11) is 1.51. The fourth-order valence-electron chi connectivity index (χ4n) is 1.62. The van der Waals surface area contributed by atoms with E-state index in [4.69, 9.17) is 9.84 Å². The Hall–Kier alpha value is -2.82. The topological polar surface area (TPSA) is 70.9 Å². The van der Waals surface area contributed by atoms with Crippen LogP contribution >= 0.6 is 0 Å². The van der Waals surface area contributed by atoms with Crippen LogP contribution in [0.3, 0.4) is 0 Å². The zero-order valence-corrected chi connectivity index (χ0v) is 10.9. The van der Waals surface area contributed by atoms with Gasteiger partial charge < -0.3 is 9.84 Å². The first-order valence-corrected chi connectivity index (χ1v) is 5.96. The molecule has 0 spiro atoms. The number of nitrogens with zero attached hydrogens (tertiary/aromatic N) is 1. The number of hydrogen-bond acceptors (Lipinski definition) is 4. The lowest BCUT2D eigenvalue weighted by Crippen LogP contribution is -2.18. The number of hydrogen-bond donors (Lipinski definition) is 2. The van der Waals surface area contributed by atoms with Crippen LogP contribution < -0.4 is 10.2 Å². The van der Waals surface area contributed by atoms with Crippen molar-refractivity contribution < 1.29 is 14.6 Å². The number of carbonyl (C=O) groups excluding carboxylic acids is 1. The number of benzene rings is 2. The molecule has 1 amide bonds. The minimum Gasteiger partial charge on any atom is -0.508 e. The average Bonchev–Trinajstić information content (AvgIpc) is 2.49. The van der Waals surface area contributed by atoms with Crippen LogP contribution in [0.1, 0.15) is 15.9 Å². The zero-order valence-electron chi connectivity index (χ0n) is 10.9. The maximum absolute atomic E-state index is 11.9. The molecule has 0 atom stereocenters. The second-order valence-corrected chi connectivity index (χ2v) is 3.99. The van der Waals surface area contributed by atoms with Crippen LogP contribution in [0.25, 0.3) is 0 Å². The number of rotatable bonds is 4. The van der Waals surface area contributed by atoms with Gasteiger partial charge in [-0.3, -0.25) is 4.79 Å². The molecular weight excluding hydrogens is 256 g/mol. The van der Waals surface area contributed by atoms with E-state index in [2.05, 4.69) is 10.5 Å². The highest BCUT2D eigenvalue weighted by Crippen LogP contribution is 2.16. The highest BCUT2D eigenvalue weighted by atomic mass is 16.5. The number of ether oxygens (including phenoxy) is 1. The van der Waals surface area contributed by atoms with Gasteiger partial charge in [0.2, 0.25) is 0 Å². The van der Waals surface area contributed by atoms with Crippen molar-refractivity contribution in [2.24, 2.45) is 5.10 Å². The lowest BCUT2D eigenvalue weighted by atomic mass is 10.2. The van der Waals surface area contributed by atoms with Crippen LogP contribution in [0.4, 0.5) is 0 Å². The number of aromatic hydroxyl groups is 1. The average molecular weight is 270 g/mol. The first-order valence-electron chi connectivity index (χ1n) is 5.96. The van der Waals surface area contributed by atoms with Crippen LogP contribution in [0, 0.1) is 0 Å². The summed E-state index contributed by atoms with van der Waals surface area (Å²) in [6.07, 6.45) is 1.49. The van der Waals surface area contributed by atoms with Crippen LogP contribution in [0.2, 0.25) is 0 Å². The molecule has 2 rings (SSSR count). The van der Waals surface area contributed by atoms with E-state index in [1.54, 1.807) is 48.5 Å². The number of phenolic OH excluding ortho intramolecular Hbond substituents is 1. The Balaban J connectivity index is 2.03. The van der Waals surface area contributed by atoms with Gasteiger partial charge in [0.15, 0.2) is 0 Å². The molecule has 0 fully saturated rings. The van der Waals surface area contributed by atoms with Crippen molar-refractivity contribution in [2.45, 2.75) is 0 Å². The van der Waals surface area contributed by atoms with Gasteiger partial charge in [0.1, 0.15) is 11.5 Å². The summed E-state index contributed by atoms with van der Waals surface area (Å²) in [5, 5.41) is 13.0. The van der Waals surface area contributed by atoms with Gasteiger partial charge in [-0.25, -0.2) is 5.43 Å². The molecular formula is C15H14N2O3. The van der Waals surface area contributed by atoms with E-state index >= 15 is 0 Å². The Bertz CT molecular complexity index is 621. The van der Waals surface area contributed by atoms with Crippen molar-refractivity contribution in [1.82, 2.24) is 5.43 Å². The number of hydrazone groups is 1. The van der Waals surface area contributed by atoms with Crippen molar-refractivity contribution in [1.29, 1.82) is 0 Å². The second-order valence-electron chi connectivity index (χ2n) is 3.99. The summed E-state index contributed by atoms with van der Waals surface area (Å²) in [6.45, 7) is 0. The monoisotopic (exact) mass is 270 g/mol. The van der Waals surface area contributed by atoms with Gasteiger partial charge in [-0.1, -0.05) is 12.1 Å². The number of nitrogens with one attached hydrogen (secondary N) is 1. The minimum absolute atomic E-state index is 0.181. The fourth-order valence-corrected chi connectivity index (χ4v) is 1.62.